The van der Waals surface area contributed by atoms with Crippen molar-refractivity contribution in [3.8, 4) is 11.5 Å². The van der Waals surface area contributed by atoms with E-state index in [2.05, 4.69) is 33.1 Å². The van der Waals surface area contributed by atoms with Gasteiger partial charge in [0.25, 0.3) is 5.91 Å². The minimum atomic E-state index is -0.284. The van der Waals surface area contributed by atoms with Gasteiger partial charge >= 0.3 is 0 Å². The van der Waals surface area contributed by atoms with Crippen molar-refractivity contribution < 1.29 is 14.3 Å². The van der Waals surface area contributed by atoms with Gasteiger partial charge in [0, 0.05) is 5.56 Å². The highest BCUT2D eigenvalue weighted by molar-refractivity contribution is 14.1. The lowest BCUT2D eigenvalue weighted by Crippen LogP contribution is -2.17. The Hall–Kier alpha value is -2.87. The van der Waals surface area contributed by atoms with E-state index >= 15 is 0 Å². The molecule has 0 unspecified atom stereocenters. The molecule has 0 bridgehead atoms. The minimum absolute atomic E-state index is 0.284. The number of hydrogen-bond acceptors (Lipinski definition) is 4. The number of benzene rings is 3. The molecule has 1 N–H and O–H groups in total. The quantitative estimate of drug-likeness (QED) is 0.301. The van der Waals surface area contributed by atoms with E-state index in [9.17, 15) is 4.79 Å². The predicted molar refractivity (Wildman–Crippen MR) is 118 cm³/mol. The Morgan fingerprint density at radius 2 is 1.89 bits per heavy atom. The van der Waals surface area contributed by atoms with E-state index in [-0.39, 0.29) is 5.91 Å². The van der Waals surface area contributed by atoms with Gasteiger partial charge in [-0.3, -0.25) is 4.79 Å². The highest BCUT2D eigenvalue weighted by Crippen LogP contribution is 2.21. The number of rotatable bonds is 7. The van der Waals surface area contributed by atoms with Crippen molar-refractivity contribution >= 4 is 34.7 Å². The lowest BCUT2D eigenvalue weighted by Gasteiger charge is -2.07. The third-order valence-corrected chi connectivity index (χ3v) is 4.74. The van der Waals surface area contributed by atoms with E-state index < -0.39 is 0 Å². The smallest absolute Gasteiger partial charge is 0.271 e. The van der Waals surface area contributed by atoms with Crippen LogP contribution < -0.4 is 14.9 Å². The SMILES string of the molecule is COc1ccc(C(=O)NN=Cc2cccc(OCc3ccccc3)c2)cc1I. The standard InChI is InChI=1S/C22H19IN2O3/c1-27-21-11-10-18(13-20(21)23)22(26)25-24-14-17-8-5-9-19(12-17)28-15-16-6-3-2-4-7-16/h2-14H,15H2,1H3,(H,25,26). The summed E-state index contributed by atoms with van der Waals surface area (Å²) in [5.74, 6) is 1.19. The molecule has 0 saturated carbocycles. The molecule has 0 atom stereocenters. The normalized spacial score (nSPS) is 10.6. The monoisotopic (exact) mass is 486 g/mol. The molecule has 0 fully saturated rings. The zero-order valence-electron chi connectivity index (χ0n) is 15.3. The Bertz CT molecular complexity index is 975. The van der Waals surface area contributed by atoms with Gasteiger partial charge in [0.2, 0.25) is 0 Å². The van der Waals surface area contributed by atoms with Crippen LogP contribution in [0.15, 0.2) is 77.9 Å². The number of carbonyl (C=O) groups excluding carboxylic acids is 1. The van der Waals surface area contributed by atoms with Gasteiger partial charge in [-0.25, -0.2) is 5.43 Å². The van der Waals surface area contributed by atoms with Crippen LogP contribution in [0.1, 0.15) is 21.5 Å². The van der Waals surface area contributed by atoms with Gasteiger partial charge in [0.05, 0.1) is 16.9 Å². The van der Waals surface area contributed by atoms with E-state index in [1.54, 1.807) is 31.5 Å². The van der Waals surface area contributed by atoms with Gasteiger partial charge < -0.3 is 9.47 Å². The summed E-state index contributed by atoms with van der Waals surface area (Å²) in [6.07, 6.45) is 1.59. The Labute approximate surface area is 177 Å². The molecular formula is C22H19IN2O3. The molecule has 0 heterocycles. The van der Waals surface area contributed by atoms with Gasteiger partial charge in [-0.15, -0.1) is 0 Å². The van der Waals surface area contributed by atoms with E-state index in [1.807, 2.05) is 54.6 Å². The summed E-state index contributed by atoms with van der Waals surface area (Å²) in [5.41, 5.74) is 4.98. The van der Waals surface area contributed by atoms with Crippen molar-refractivity contribution in [2.45, 2.75) is 6.61 Å². The van der Waals surface area contributed by atoms with Crippen LogP contribution in [0.25, 0.3) is 0 Å². The van der Waals surface area contributed by atoms with E-state index in [0.29, 0.717) is 12.2 Å². The number of nitrogens with one attached hydrogen (secondary N) is 1. The molecule has 3 aromatic carbocycles. The lowest BCUT2D eigenvalue weighted by atomic mass is 10.2. The molecule has 3 rings (SSSR count). The Kier molecular flexibility index (Phi) is 7.02. The topological polar surface area (TPSA) is 59.9 Å². The van der Waals surface area contributed by atoms with Gasteiger partial charge in [-0.05, 0) is 64.0 Å². The molecule has 0 spiro atoms. The average Bonchev–Trinajstić information content (AvgIpc) is 2.73. The highest BCUT2D eigenvalue weighted by atomic mass is 127. The van der Waals surface area contributed by atoms with Crippen molar-refractivity contribution in [3.05, 3.63) is 93.1 Å². The maximum atomic E-state index is 12.2. The number of ether oxygens (including phenoxy) is 2. The van der Waals surface area contributed by atoms with Crippen molar-refractivity contribution in [3.63, 3.8) is 0 Å². The van der Waals surface area contributed by atoms with Crippen LogP contribution in [0.4, 0.5) is 0 Å². The van der Waals surface area contributed by atoms with Gasteiger partial charge in [-0.2, -0.15) is 5.10 Å². The molecular weight excluding hydrogens is 467 g/mol. The summed E-state index contributed by atoms with van der Waals surface area (Å²) in [7, 11) is 1.60. The van der Waals surface area contributed by atoms with Crippen LogP contribution in [-0.2, 0) is 6.61 Å². The van der Waals surface area contributed by atoms with Gasteiger partial charge in [-0.1, -0.05) is 42.5 Å². The first kappa shape index (κ1) is 19.9. The summed E-state index contributed by atoms with van der Waals surface area (Å²) in [5, 5.41) is 4.04. The van der Waals surface area contributed by atoms with Gasteiger partial charge in [0.1, 0.15) is 18.1 Å². The number of hydrazone groups is 1. The number of nitrogens with zero attached hydrogens (tertiary/aromatic N) is 1. The van der Waals surface area contributed by atoms with Crippen LogP contribution in [0.3, 0.4) is 0 Å². The Morgan fingerprint density at radius 1 is 1.07 bits per heavy atom. The predicted octanol–water partition coefficient (Wildman–Crippen LogP) is 4.64. The zero-order valence-corrected chi connectivity index (χ0v) is 17.4. The first-order valence-corrected chi connectivity index (χ1v) is 9.67. The summed E-state index contributed by atoms with van der Waals surface area (Å²) in [4.78, 5) is 12.2. The second-order valence-electron chi connectivity index (χ2n) is 5.90. The molecule has 0 aliphatic heterocycles. The number of halogens is 1. The van der Waals surface area contributed by atoms with Crippen molar-refractivity contribution in [2.75, 3.05) is 7.11 Å². The van der Waals surface area contributed by atoms with Crippen molar-refractivity contribution in [1.29, 1.82) is 0 Å². The number of hydrogen-bond donors (Lipinski definition) is 1. The molecule has 0 aromatic heterocycles. The molecule has 142 valence electrons. The third kappa shape index (κ3) is 5.56. The fourth-order valence-corrected chi connectivity index (χ4v) is 3.20. The molecule has 0 aliphatic carbocycles. The largest absolute Gasteiger partial charge is 0.496 e. The van der Waals surface area contributed by atoms with Crippen molar-refractivity contribution in [1.82, 2.24) is 5.43 Å². The van der Waals surface area contributed by atoms with Crippen LogP contribution in [0.5, 0.6) is 11.5 Å². The maximum Gasteiger partial charge on any atom is 0.271 e. The molecule has 0 aliphatic rings. The summed E-state index contributed by atoms with van der Waals surface area (Å²) in [6, 6.07) is 22.7. The fraction of sp³-hybridized carbons (Fsp3) is 0.0909. The highest BCUT2D eigenvalue weighted by Gasteiger charge is 2.07. The third-order valence-electron chi connectivity index (χ3n) is 3.90. The van der Waals surface area contributed by atoms with Crippen LogP contribution in [-0.4, -0.2) is 19.2 Å². The molecule has 6 heteroatoms. The lowest BCUT2D eigenvalue weighted by molar-refractivity contribution is 0.0955. The molecule has 0 saturated heterocycles. The average molecular weight is 486 g/mol. The Morgan fingerprint density at radius 3 is 2.64 bits per heavy atom. The Balaban J connectivity index is 1.58. The fourth-order valence-electron chi connectivity index (χ4n) is 2.46. The summed E-state index contributed by atoms with van der Waals surface area (Å²) >= 11 is 2.12. The van der Waals surface area contributed by atoms with Crippen LogP contribution >= 0.6 is 22.6 Å². The van der Waals surface area contributed by atoms with Crippen molar-refractivity contribution in [2.24, 2.45) is 5.10 Å². The second-order valence-corrected chi connectivity index (χ2v) is 7.06. The molecule has 3 aromatic rings. The maximum absolute atomic E-state index is 12.2. The summed E-state index contributed by atoms with van der Waals surface area (Å²) < 4.78 is 11.9. The van der Waals surface area contributed by atoms with Gasteiger partial charge in [0.15, 0.2) is 0 Å². The van der Waals surface area contributed by atoms with E-state index in [0.717, 1.165) is 26.2 Å². The minimum Gasteiger partial charge on any atom is -0.496 e. The number of methoxy groups -OCH3 is 1. The first-order valence-electron chi connectivity index (χ1n) is 8.59. The first-order chi connectivity index (χ1) is 13.7. The second kappa shape index (κ2) is 9.89. The molecule has 1 amide bonds. The van der Waals surface area contributed by atoms with E-state index in [1.165, 1.54) is 0 Å². The van der Waals surface area contributed by atoms with E-state index in [4.69, 9.17) is 9.47 Å². The number of amides is 1. The van der Waals surface area contributed by atoms with Crippen LogP contribution in [0, 0.1) is 3.57 Å². The van der Waals surface area contributed by atoms with Crippen LogP contribution in [0.2, 0.25) is 0 Å². The zero-order chi connectivity index (χ0) is 19.8. The summed E-state index contributed by atoms with van der Waals surface area (Å²) in [6.45, 7) is 0.494. The molecule has 28 heavy (non-hydrogen) atoms. The molecule has 0 radical (unpaired) electrons. The molecule has 5 nitrogen and oxygen atoms in total. The number of carbonyl (C=O) groups is 1.